The molecule has 0 saturated carbocycles. The van der Waals surface area contributed by atoms with Crippen molar-refractivity contribution in [3.63, 3.8) is 0 Å². The molecule has 0 spiro atoms. The maximum atomic E-state index is 14.5. The van der Waals surface area contributed by atoms with Crippen LogP contribution >= 0.6 is 11.3 Å². The van der Waals surface area contributed by atoms with E-state index in [1.165, 1.54) is 23.5 Å². The first-order valence-corrected chi connectivity index (χ1v) is 10.9. The zero-order valence-corrected chi connectivity index (χ0v) is 17.8. The van der Waals surface area contributed by atoms with E-state index in [-0.39, 0.29) is 24.4 Å². The summed E-state index contributed by atoms with van der Waals surface area (Å²) in [4.78, 5) is 19.9. The Morgan fingerprint density at radius 2 is 2.07 bits per heavy atom. The van der Waals surface area contributed by atoms with Crippen LogP contribution in [-0.4, -0.2) is 30.5 Å². The van der Waals surface area contributed by atoms with Crippen molar-refractivity contribution in [2.45, 2.75) is 26.7 Å². The van der Waals surface area contributed by atoms with E-state index < -0.39 is 11.6 Å². The summed E-state index contributed by atoms with van der Waals surface area (Å²) >= 11 is 1.23. The maximum Gasteiger partial charge on any atom is 0.263 e. The number of thiophene rings is 1. The van der Waals surface area contributed by atoms with Crippen LogP contribution in [0.25, 0.3) is 10.2 Å². The molecular weight excluding hydrogens is 406 g/mol. The lowest BCUT2D eigenvalue weighted by Crippen LogP contribution is -2.46. The van der Waals surface area contributed by atoms with Crippen molar-refractivity contribution in [2.75, 3.05) is 30.3 Å². The molecule has 30 heavy (non-hydrogen) atoms. The molecule has 1 aromatic carbocycles. The zero-order valence-electron chi connectivity index (χ0n) is 17.0. The average molecular weight is 431 g/mol. The van der Waals surface area contributed by atoms with Gasteiger partial charge in [0.05, 0.1) is 11.4 Å². The minimum Gasteiger partial charge on any atom is -0.397 e. The Hall–Kier alpha value is -2.74. The second-order valence-corrected chi connectivity index (χ2v) is 8.73. The van der Waals surface area contributed by atoms with Gasteiger partial charge >= 0.3 is 0 Å². The van der Waals surface area contributed by atoms with E-state index in [9.17, 15) is 13.6 Å². The summed E-state index contributed by atoms with van der Waals surface area (Å²) in [7, 11) is 0. The Kier molecular flexibility index (Phi) is 5.60. The number of anilines is 2. The number of benzene rings is 1. The van der Waals surface area contributed by atoms with Crippen molar-refractivity contribution in [3.05, 3.63) is 52.0 Å². The van der Waals surface area contributed by atoms with E-state index >= 15 is 0 Å². The van der Waals surface area contributed by atoms with E-state index in [4.69, 9.17) is 5.73 Å². The van der Waals surface area contributed by atoms with Gasteiger partial charge in [-0.05, 0) is 49.4 Å². The number of nitrogens with zero attached hydrogens (tertiary/aromatic N) is 2. The first-order valence-electron chi connectivity index (χ1n) is 10.0. The van der Waals surface area contributed by atoms with Gasteiger partial charge in [-0.2, -0.15) is 0 Å². The van der Waals surface area contributed by atoms with E-state index in [1.807, 2.05) is 24.0 Å². The molecule has 158 valence electrons. The first-order chi connectivity index (χ1) is 14.4. The summed E-state index contributed by atoms with van der Waals surface area (Å²) in [6, 6.07) is 6.18. The average Bonchev–Trinajstić information content (AvgIpc) is 3.00. The number of hydrogen-bond acceptors (Lipinski definition) is 5. The van der Waals surface area contributed by atoms with Gasteiger partial charge in [0.2, 0.25) is 0 Å². The van der Waals surface area contributed by atoms with Gasteiger partial charge in [0.15, 0.2) is 0 Å². The predicted molar refractivity (Wildman–Crippen MR) is 117 cm³/mol. The van der Waals surface area contributed by atoms with Crippen molar-refractivity contribution in [1.82, 2.24) is 10.3 Å². The fraction of sp³-hybridized carbons (Fsp3) is 0.364. The highest BCUT2D eigenvalue weighted by Gasteiger charge is 2.28. The lowest BCUT2D eigenvalue weighted by Gasteiger charge is -2.41. The van der Waals surface area contributed by atoms with Crippen LogP contribution in [0.3, 0.4) is 0 Å². The molecule has 3 heterocycles. The molecule has 8 heteroatoms. The van der Waals surface area contributed by atoms with E-state index in [2.05, 4.69) is 17.2 Å². The zero-order chi connectivity index (χ0) is 21.4. The molecule has 3 aromatic rings. The Balaban J connectivity index is 1.40. The number of fused-ring (bicyclic) bond motifs is 1. The molecule has 1 fully saturated rings. The summed E-state index contributed by atoms with van der Waals surface area (Å²) in [6.45, 7) is 5.66. The van der Waals surface area contributed by atoms with Crippen molar-refractivity contribution in [1.29, 1.82) is 0 Å². The number of rotatable bonds is 6. The summed E-state index contributed by atoms with van der Waals surface area (Å²) in [5, 5.41) is 3.49. The molecule has 0 atom stereocenters. The number of halogens is 2. The quantitative estimate of drug-likeness (QED) is 0.612. The lowest BCUT2D eigenvalue weighted by atomic mass is 9.96. The van der Waals surface area contributed by atoms with Crippen LogP contribution in [0, 0.1) is 24.5 Å². The van der Waals surface area contributed by atoms with Crippen molar-refractivity contribution < 1.29 is 13.6 Å². The van der Waals surface area contributed by atoms with Crippen LogP contribution in [0.15, 0.2) is 24.3 Å². The second-order valence-electron chi connectivity index (χ2n) is 7.73. The number of nitrogen functional groups attached to an aromatic ring is 1. The van der Waals surface area contributed by atoms with Crippen LogP contribution in [-0.2, 0) is 6.42 Å². The second kappa shape index (κ2) is 8.18. The minimum atomic E-state index is -0.457. The van der Waals surface area contributed by atoms with Gasteiger partial charge in [0.25, 0.3) is 5.91 Å². The van der Waals surface area contributed by atoms with Gasteiger partial charge in [-0.25, -0.2) is 13.8 Å². The topological polar surface area (TPSA) is 71.2 Å². The van der Waals surface area contributed by atoms with Crippen molar-refractivity contribution >= 4 is 38.8 Å². The Labute approximate surface area is 177 Å². The van der Waals surface area contributed by atoms with Gasteiger partial charge in [0, 0.05) is 36.8 Å². The number of pyridine rings is 1. The van der Waals surface area contributed by atoms with Gasteiger partial charge in [0.1, 0.15) is 21.3 Å². The Bertz CT molecular complexity index is 1110. The number of nitrogens with two attached hydrogens (primary N) is 1. The molecule has 1 saturated heterocycles. The van der Waals surface area contributed by atoms with E-state index in [0.29, 0.717) is 27.0 Å². The number of hydrogen-bond donors (Lipinski definition) is 2. The maximum absolute atomic E-state index is 14.5. The third-order valence-electron chi connectivity index (χ3n) is 5.61. The van der Waals surface area contributed by atoms with Crippen molar-refractivity contribution in [3.8, 4) is 0 Å². The number of nitrogens with one attached hydrogen (secondary N) is 1. The smallest absolute Gasteiger partial charge is 0.263 e. The number of aromatic nitrogens is 1. The fourth-order valence-electron chi connectivity index (χ4n) is 3.69. The van der Waals surface area contributed by atoms with Gasteiger partial charge in [-0.1, -0.05) is 6.92 Å². The highest BCUT2D eigenvalue weighted by molar-refractivity contribution is 7.21. The van der Waals surface area contributed by atoms with Gasteiger partial charge in [-0.15, -0.1) is 11.3 Å². The molecular formula is C22H24F2N4OS. The SMILES string of the molecule is CCC1CN(c2cc(F)c(CCNC(=O)c3sc4nc(C)ccc4c3N)cc2F)C1. The summed E-state index contributed by atoms with van der Waals surface area (Å²) in [5.41, 5.74) is 7.89. The summed E-state index contributed by atoms with van der Waals surface area (Å²) in [5.74, 6) is -0.677. The van der Waals surface area contributed by atoms with Gasteiger partial charge < -0.3 is 16.0 Å². The highest BCUT2D eigenvalue weighted by Crippen LogP contribution is 2.33. The standard InChI is InChI=1S/C22H24F2N4OS/c1-3-13-10-28(11-13)18-9-16(23)14(8-17(18)24)6-7-26-21(29)20-19(25)15-5-4-12(2)27-22(15)30-20/h4-5,8-9,13H,3,6-7,10-11,25H2,1-2H3,(H,26,29). The largest absolute Gasteiger partial charge is 0.397 e. The summed E-state index contributed by atoms with van der Waals surface area (Å²) < 4.78 is 29.0. The molecule has 1 amide bonds. The van der Waals surface area contributed by atoms with Crippen LogP contribution in [0.2, 0.25) is 0 Å². The normalized spacial score (nSPS) is 14.2. The molecule has 0 radical (unpaired) electrons. The predicted octanol–water partition coefficient (Wildman–Crippen LogP) is 4.28. The Morgan fingerprint density at radius 3 is 2.80 bits per heavy atom. The molecule has 2 aromatic heterocycles. The number of carbonyl (C=O) groups excluding carboxylic acids is 1. The number of aryl methyl sites for hydroxylation is 1. The molecule has 4 rings (SSSR count). The lowest BCUT2D eigenvalue weighted by molar-refractivity contribution is 0.0959. The minimum absolute atomic E-state index is 0.177. The molecule has 5 nitrogen and oxygen atoms in total. The molecule has 0 aliphatic carbocycles. The van der Waals surface area contributed by atoms with Gasteiger partial charge in [-0.3, -0.25) is 4.79 Å². The Morgan fingerprint density at radius 1 is 1.30 bits per heavy atom. The first kappa shape index (κ1) is 20.5. The van der Waals surface area contributed by atoms with Crippen LogP contribution in [0.1, 0.15) is 34.3 Å². The molecule has 0 bridgehead atoms. The third kappa shape index (κ3) is 3.84. The highest BCUT2D eigenvalue weighted by atomic mass is 32.1. The van der Waals surface area contributed by atoms with Crippen molar-refractivity contribution in [2.24, 2.45) is 5.92 Å². The van der Waals surface area contributed by atoms with E-state index in [1.54, 1.807) is 0 Å². The van der Waals surface area contributed by atoms with Crippen LogP contribution in [0.4, 0.5) is 20.2 Å². The fourth-order valence-corrected chi connectivity index (χ4v) is 4.74. The van der Waals surface area contributed by atoms with Crippen LogP contribution in [0.5, 0.6) is 0 Å². The molecule has 1 aliphatic rings. The molecule has 3 N–H and O–H groups in total. The third-order valence-corrected chi connectivity index (χ3v) is 6.72. The van der Waals surface area contributed by atoms with E-state index in [0.717, 1.165) is 30.6 Å². The monoisotopic (exact) mass is 430 g/mol. The number of amides is 1. The summed E-state index contributed by atoms with van der Waals surface area (Å²) in [6.07, 6.45) is 1.23. The molecule has 0 unspecified atom stereocenters. The van der Waals surface area contributed by atoms with Crippen LogP contribution < -0.4 is 16.0 Å². The molecule has 1 aliphatic heterocycles. The number of carbonyl (C=O) groups is 1.